The van der Waals surface area contributed by atoms with Crippen LogP contribution >= 0.6 is 15.9 Å². The highest BCUT2D eigenvalue weighted by Crippen LogP contribution is 2.26. The summed E-state index contributed by atoms with van der Waals surface area (Å²) >= 11 is 3.51. The SMILES string of the molecule is CN(Cc1cccc(N)c1Br)c1ccc(C#N)cc1. The molecule has 0 amide bonds. The van der Waals surface area contributed by atoms with Crippen molar-refractivity contribution >= 4 is 27.3 Å². The molecule has 0 heterocycles. The molecular formula is C15H14BrN3. The summed E-state index contributed by atoms with van der Waals surface area (Å²) in [5.74, 6) is 0. The lowest BCUT2D eigenvalue weighted by Crippen LogP contribution is -2.16. The topological polar surface area (TPSA) is 53.0 Å². The van der Waals surface area contributed by atoms with Crippen LogP contribution in [0, 0.1) is 11.3 Å². The molecule has 0 saturated carbocycles. The van der Waals surface area contributed by atoms with Crippen molar-refractivity contribution in [3.05, 3.63) is 58.1 Å². The van der Waals surface area contributed by atoms with Crippen molar-refractivity contribution in [1.29, 1.82) is 5.26 Å². The van der Waals surface area contributed by atoms with Crippen LogP contribution < -0.4 is 10.6 Å². The average Bonchev–Trinajstić information content (AvgIpc) is 2.44. The molecule has 0 aliphatic heterocycles. The predicted molar refractivity (Wildman–Crippen MR) is 81.8 cm³/mol. The first-order chi connectivity index (χ1) is 9.11. The number of nitrogens with zero attached hydrogens (tertiary/aromatic N) is 2. The minimum atomic E-state index is 0.669. The standard InChI is InChI=1S/C15H14BrN3/c1-19(13-7-5-11(9-17)6-8-13)10-12-3-2-4-14(18)15(12)16/h2-8H,10,18H2,1H3. The minimum absolute atomic E-state index is 0.669. The number of nitrogens with two attached hydrogens (primary N) is 1. The molecule has 0 bridgehead atoms. The Morgan fingerprint density at radius 1 is 1.21 bits per heavy atom. The zero-order chi connectivity index (χ0) is 13.8. The summed E-state index contributed by atoms with van der Waals surface area (Å²) in [6, 6.07) is 15.5. The molecule has 0 unspecified atom stereocenters. The minimum Gasteiger partial charge on any atom is -0.398 e. The zero-order valence-corrected chi connectivity index (χ0v) is 12.2. The lowest BCUT2D eigenvalue weighted by molar-refractivity contribution is 0.919. The van der Waals surface area contributed by atoms with Crippen molar-refractivity contribution in [2.24, 2.45) is 0 Å². The van der Waals surface area contributed by atoms with Gasteiger partial charge in [0.25, 0.3) is 0 Å². The van der Waals surface area contributed by atoms with Crippen LogP contribution in [0.3, 0.4) is 0 Å². The van der Waals surface area contributed by atoms with E-state index in [-0.39, 0.29) is 0 Å². The Morgan fingerprint density at radius 3 is 2.53 bits per heavy atom. The second-order valence-corrected chi connectivity index (χ2v) is 5.13. The van der Waals surface area contributed by atoms with Crippen molar-refractivity contribution < 1.29 is 0 Å². The van der Waals surface area contributed by atoms with Crippen LogP contribution in [0.15, 0.2) is 46.9 Å². The zero-order valence-electron chi connectivity index (χ0n) is 10.6. The molecule has 96 valence electrons. The Bertz CT molecular complexity index is 614. The van der Waals surface area contributed by atoms with Crippen LogP contribution in [0.5, 0.6) is 0 Å². The fourth-order valence-electron chi connectivity index (χ4n) is 1.86. The smallest absolute Gasteiger partial charge is 0.0991 e. The number of nitriles is 1. The third-order valence-electron chi connectivity index (χ3n) is 2.95. The van der Waals surface area contributed by atoms with E-state index in [0.29, 0.717) is 5.56 Å². The molecule has 0 saturated heterocycles. The van der Waals surface area contributed by atoms with Gasteiger partial charge in [-0.25, -0.2) is 0 Å². The van der Waals surface area contributed by atoms with Gasteiger partial charge in [0.1, 0.15) is 0 Å². The number of anilines is 2. The highest BCUT2D eigenvalue weighted by atomic mass is 79.9. The number of benzene rings is 2. The van der Waals surface area contributed by atoms with E-state index in [1.165, 1.54) is 0 Å². The Hall–Kier alpha value is -1.99. The molecule has 0 aromatic heterocycles. The van der Waals surface area contributed by atoms with Crippen LogP contribution in [0.25, 0.3) is 0 Å². The van der Waals surface area contributed by atoms with Crippen molar-refractivity contribution in [2.75, 3.05) is 17.7 Å². The predicted octanol–water partition coefficient (Wildman–Crippen LogP) is 3.54. The fraction of sp³-hybridized carbons (Fsp3) is 0.133. The molecule has 0 aliphatic carbocycles. The Labute approximate surface area is 121 Å². The molecule has 0 spiro atoms. The number of rotatable bonds is 3. The van der Waals surface area contributed by atoms with Gasteiger partial charge in [-0.05, 0) is 51.8 Å². The van der Waals surface area contributed by atoms with Gasteiger partial charge in [-0.15, -0.1) is 0 Å². The highest BCUT2D eigenvalue weighted by Gasteiger charge is 2.07. The van der Waals surface area contributed by atoms with E-state index >= 15 is 0 Å². The second-order valence-electron chi connectivity index (χ2n) is 4.34. The quantitative estimate of drug-likeness (QED) is 0.881. The van der Waals surface area contributed by atoms with Crippen LogP contribution in [0.4, 0.5) is 11.4 Å². The van der Waals surface area contributed by atoms with Gasteiger partial charge in [-0.1, -0.05) is 12.1 Å². The van der Waals surface area contributed by atoms with E-state index in [2.05, 4.69) is 26.9 Å². The summed E-state index contributed by atoms with van der Waals surface area (Å²) in [7, 11) is 2.01. The molecule has 2 aromatic carbocycles. The maximum atomic E-state index is 8.79. The van der Waals surface area contributed by atoms with Crippen molar-refractivity contribution in [3.63, 3.8) is 0 Å². The van der Waals surface area contributed by atoms with Gasteiger partial charge in [0.2, 0.25) is 0 Å². The van der Waals surface area contributed by atoms with Gasteiger partial charge in [0, 0.05) is 29.4 Å². The lowest BCUT2D eigenvalue weighted by atomic mass is 10.1. The highest BCUT2D eigenvalue weighted by molar-refractivity contribution is 9.10. The van der Waals surface area contributed by atoms with Gasteiger partial charge in [0.15, 0.2) is 0 Å². The first kappa shape index (κ1) is 13.4. The molecule has 2 N–H and O–H groups in total. The Morgan fingerprint density at radius 2 is 1.89 bits per heavy atom. The normalized spacial score (nSPS) is 9.95. The molecule has 0 fully saturated rings. The van der Waals surface area contributed by atoms with E-state index in [1.807, 2.05) is 49.5 Å². The third-order valence-corrected chi connectivity index (χ3v) is 3.92. The van der Waals surface area contributed by atoms with Gasteiger partial charge in [-0.3, -0.25) is 0 Å². The molecular weight excluding hydrogens is 302 g/mol. The van der Waals surface area contributed by atoms with Crippen molar-refractivity contribution in [3.8, 4) is 6.07 Å². The monoisotopic (exact) mass is 315 g/mol. The summed E-state index contributed by atoms with van der Waals surface area (Å²) in [6.07, 6.45) is 0. The van der Waals surface area contributed by atoms with Gasteiger partial charge < -0.3 is 10.6 Å². The van der Waals surface area contributed by atoms with Crippen LogP contribution in [0.2, 0.25) is 0 Å². The number of nitrogen functional groups attached to an aromatic ring is 1. The summed E-state index contributed by atoms with van der Waals surface area (Å²) in [5.41, 5.74) is 9.48. The van der Waals surface area contributed by atoms with Crippen LogP contribution in [-0.2, 0) is 6.54 Å². The van der Waals surface area contributed by atoms with Gasteiger partial charge in [0.05, 0.1) is 11.6 Å². The van der Waals surface area contributed by atoms with Crippen LogP contribution in [0.1, 0.15) is 11.1 Å². The van der Waals surface area contributed by atoms with Gasteiger partial charge in [-0.2, -0.15) is 5.26 Å². The van der Waals surface area contributed by atoms with Crippen LogP contribution in [-0.4, -0.2) is 7.05 Å². The van der Waals surface area contributed by atoms with E-state index in [0.717, 1.165) is 28.0 Å². The maximum Gasteiger partial charge on any atom is 0.0991 e. The average molecular weight is 316 g/mol. The Balaban J connectivity index is 2.18. The summed E-state index contributed by atoms with van der Waals surface area (Å²) < 4.78 is 0.940. The molecule has 2 aromatic rings. The van der Waals surface area contributed by atoms with Crippen molar-refractivity contribution in [2.45, 2.75) is 6.54 Å². The first-order valence-electron chi connectivity index (χ1n) is 5.86. The lowest BCUT2D eigenvalue weighted by Gasteiger charge is -2.20. The van der Waals surface area contributed by atoms with E-state index in [1.54, 1.807) is 0 Å². The van der Waals surface area contributed by atoms with Crippen molar-refractivity contribution in [1.82, 2.24) is 0 Å². The van der Waals surface area contributed by atoms with E-state index in [4.69, 9.17) is 11.0 Å². The molecule has 4 heteroatoms. The molecule has 3 nitrogen and oxygen atoms in total. The maximum absolute atomic E-state index is 8.79. The molecule has 2 rings (SSSR count). The summed E-state index contributed by atoms with van der Waals surface area (Å²) in [4.78, 5) is 2.11. The summed E-state index contributed by atoms with van der Waals surface area (Å²) in [6.45, 7) is 0.748. The summed E-state index contributed by atoms with van der Waals surface area (Å²) in [5, 5.41) is 8.79. The first-order valence-corrected chi connectivity index (χ1v) is 6.65. The molecule has 19 heavy (non-hydrogen) atoms. The number of halogens is 1. The molecule has 0 atom stereocenters. The fourth-order valence-corrected chi connectivity index (χ4v) is 2.25. The van der Waals surface area contributed by atoms with E-state index < -0.39 is 0 Å². The van der Waals surface area contributed by atoms with Gasteiger partial charge >= 0.3 is 0 Å². The molecule has 0 radical (unpaired) electrons. The second kappa shape index (κ2) is 5.77. The number of hydrogen-bond acceptors (Lipinski definition) is 3. The third kappa shape index (κ3) is 3.07. The largest absolute Gasteiger partial charge is 0.398 e. The van der Waals surface area contributed by atoms with E-state index in [9.17, 15) is 0 Å². The number of hydrogen-bond donors (Lipinski definition) is 1. The Kier molecular flexibility index (Phi) is 4.08. The molecule has 0 aliphatic rings.